The summed E-state index contributed by atoms with van der Waals surface area (Å²) in [5.41, 5.74) is 4.62. The Labute approximate surface area is 199 Å². The van der Waals surface area contributed by atoms with Crippen molar-refractivity contribution in [2.45, 2.75) is 44.0 Å². The number of likely N-dealkylation sites (tertiary alicyclic amines) is 1. The zero-order chi connectivity index (χ0) is 23.4. The van der Waals surface area contributed by atoms with Crippen LogP contribution in [0.4, 0.5) is 0 Å². The SMILES string of the molecule is O=C(C=Cc1ccc2c(c1)C(=O)CC1(CN(CCc3ccccc3)C1)O2)NOC1CCCCO1. The van der Waals surface area contributed by atoms with E-state index in [0.29, 0.717) is 24.3 Å². The standard InChI is InChI=1S/C27H30N2O5/c30-23-17-27(18-29(19-27)14-13-20-6-2-1-3-7-20)33-24-11-9-21(16-22(23)24)10-12-25(31)28-34-26-8-4-5-15-32-26/h1-3,6-7,9-12,16,26H,4-5,8,13-15,17-19H2,(H,28,31). The van der Waals surface area contributed by atoms with Gasteiger partial charge in [0.1, 0.15) is 11.4 Å². The van der Waals surface area contributed by atoms with Gasteiger partial charge in [0.15, 0.2) is 12.1 Å². The minimum atomic E-state index is -0.420. The molecule has 0 radical (unpaired) electrons. The molecule has 2 fully saturated rings. The van der Waals surface area contributed by atoms with Crippen LogP contribution in [0, 0.1) is 0 Å². The van der Waals surface area contributed by atoms with E-state index in [1.807, 2.05) is 18.2 Å². The maximum Gasteiger partial charge on any atom is 0.267 e. The molecule has 2 aromatic rings. The lowest BCUT2D eigenvalue weighted by Gasteiger charge is -2.51. The number of rotatable bonds is 7. The predicted molar refractivity (Wildman–Crippen MR) is 127 cm³/mol. The van der Waals surface area contributed by atoms with Gasteiger partial charge in [0, 0.05) is 38.7 Å². The molecule has 2 saturated heterocycles. The number of nitrogens with one attached hydrogen (secondary N) is 1. The molecule has 1 spiro atoms. The maximum atomic E-state index is 12.9. The molecule has 0 saturated carbocycles. The third-order valence-electron chi connectivity index (χ3n) is 6.55. The van der Waals surface area contributed by atoms with Crippen molar-refractivity contribution in [3.8, 4) is 5.75 Å². The van der Waals surface area contributed by atoms with Crippen molar-refractivity contribution in [2.24, 2.45) is 0 Å². The fourth-order valence-electron chi connectivity index (χ4n) is 4.78. The Morgan fingerprint density at radius 2 is 2.03 bits per heavy atom. The lowest BCUT2D eigenvalue weighted by atomic mass is 9.83. The second kappa shape index (κ2) is 10.1. The summed E-state index contributed by atoms with van der Waals surface area (Å²) in [6.45, 7) is 3.13. The number of benzene rings is 2. The summed E-state index contributed by atoms with van der Waals surface area (Å²) in [4.78, 5) is 32.6. The molecular weight excluding hydrogens is 432 g/mol. The number of hydrogen-bond acceptors (Lipinski definition) is 6. The molecule has 1 unspecified atom stereocenters. The van der Waals surface area contributed by atoms with Crippen LogP contribution in [0.1, 0.15) is 47.2 Å². The average molecular weight is 463 g/mol. The van der Waals surface area contributed by atoms with Crippen LogP contribution >= 0.6 is 0 Å². The largest absolute Gasteiger partial charge is 0.483 e. The van der Waals surface area contributed by atoms with Gasteiger partial charge in [0.2, 0.25) is 0 Å². The zero-order valence-corrected chi connectivity index (χ0v) is 19.2. The molecule has 0 bridgehead atoms. The van der Waals surface area contributed by atoms with E-state index in [9.17, 15) is 9.59 Å². The molecule has 7 heteroatoms. The lowest BCUT2D eigenvalue weighted by Crippen LogP contribution is -2.67. The summed E-state index contributed by atoms with van der Waals surface area (Å²) >= 11 is 0. The molecule has 34 heavy (non-hydrogen) atoms. The summed E-state index contributed by atoms with van der Waals surface area (Å²) in [6, 6.07) is 15.9. The van der Waals surface area contributed by atoms with Crippen molar-refractivity contribution >= 4 is 17.8 Å². The van der Waals surface area contributed by atoms with E-state index < -0.39 is 11.9 Å². The number of fused-ring (bicyclic) bond motifs is 1. The van der Waals surface area contributed by atoms with Gasteiger partial charge < -0.3 is 9.47 Å². The number of hydrogen-bond donors (Lipinski definition) is 1. The van der Waals surface area contributed by atoms with E-state index in [-0.39, 0.29) is 11.7 Å². The minimum Gasteiger partial charge on any atom is -0.483 e. The fourth-order valence-corrected chi connectivity index (χ4v) is 4.78. The molecule has 1 N–H and O–H groups in total. The number of ketones is 1. The van der Waals surface area contributed by atoms with Crippen LogP contribution in [0.25, 0.3) is 6.08 Å². The number of hydroxylamine groups is 1. The number of ether oxygens (including phenoxy) is 2. The average Bonchev–Trinajstić information content (AvgIpc) is 2.85. The van der Waals surface area contributed by atoms with Crippen molar-refractivity contribution < 1.29 is 23.9 Å². The monoisotopic (exact) mass is 462 g/mol. The molecule has 1 amide bonds. The van der Waals surface area contributed by atoms with E-state index in [0.717, 1.165) is 50.9 Å². The normalized spacial score (nSPS) is 21.6. The molecular formula is C27H30N2O5. The Hall–Kier alpha value is -3.00. The first-order valence-corrected chi connectivity index (χ1v) is 12.0. The van der Waals surface area contributed by atoms with Gasteiger partial charge >= 0.3 is 0 Å². The van der Waals surface area contributed by atoms with E-state index in [2.05, 4.69) is 34.6 Å². The first-order valence-electron chi connectivity index (χ1n) is 12.0. The van der Waals surface area contributed by atoms with E-state index in [1.54, 1.807) is 12.1 Å². The Balaban J connectivity index is 1.13. The first-order chi connectivity index (χ1) is 16.6. The topological polar surface area (TPSA) is 77.1 Å². The van der Waals surface area contributed by atoms with Crippen LogP contribution in [-0.4, -0.2) is 54.7 Å². The fraction of sp³-hybridized carbons (Fsp3) is 0.407. The highest BCUT2D eigenvalue weighted by Crippen LogP contribution is 2.39. The molecule has 0 aliphatic carbocycles. The van der Waals surface area contributed by atoms with Gasteiger partial charge in [0.25, 0.3) is 5.91 Å². The molecule has 3 heterocycles. The third kappa shape index (κ3) is 5.38. The minimum absolute atomic E-state index is 0.0847. The summed E-state index contributed by atoms with van der Waals surface area (Å²) < 4.78 is 11.7. The second-order valence-electron chi connectivity index (χ2n) is 9.30. The van der Waals surface area contributed by atoms with E-state index >= 15 is 0 Å². The maximum absolute atomic E-state index is 12.9. The Kier molecular flexibility index (Phi) is 6.76. The summed E-state index contributed by atoms with van der Waals surface area (Å²) in [7, 11) is 0. The number of carbonyl (C=O) groups excluding carboxylic acids is 2. The van der Waals surface area contributed by atoms with Crippen LogP contribution < -0.4 is 10.2 Å². The lowest BCUT2D eigenvalue weighted by molar-refractivity contribution is -0.198. The van der Waals surface area contributed by atoms with E-state index in [4.69, 9.17) is 14.3 Å². The second-order valence-corrected chi connectivity index (χ2v) is 9.30. The molecule has 3 aliphatic rings. The van der Waals surface area contributed by atoms with Gasteiger partial charge in [-0.2, -0.15) is 0 Å². The van der Waals surface area contributed by atoms with Crippen LogP contribution in [-0.2, 0) is 20.8 Å². The molecule has 5 rings (SSSR count). The highest BCUT2D eigenvalue weighted by Gasteiger charge is 2.49. The Morgan fingerprint density at radius 1 is 1.18 bits per heavy atom. The molecule has 3 aliphatic heterocycles. The van der Waals surface area contributed by atoms with Gasteiger partial charge in [-0.05, 0) is 48.6 Å². The van der Waals surface area contributed by atoms with Crippen molar-refractivity contribution in [3.05, 3.63) is 71.3 Å². The molecule has 2 aromatic carbocycles. The summed E-state index contributed by atoms with van der Waals surface area (Å²) in [5, 5.41) is 0. The van der Waals surface area contributed by atoms with Gasteiger partial charge in [-0.25, -0.2) is 10.3 Å². The quantitative estimate of drug-likeness (QED) is 0.501. The van der Waals surface area contributed by atoms with Crippen molar-refractivity contribution in [2.75, 3.05) is 26.2 Å². The number of amides is 1. The summed E-state index contributed by atoms with van der Waals surface area (Å²) in [6.07, 6.45) is 6.83. The van der Waals surface area contributed by atoms with Crippen LogP contribution in [0.5, 0.6) is 5.75 Å². The van der Waals surface area contributed by atoms with Crippen LogP contribution in [0.2, 0.25) is 0 Å². The molecule has 7 nitrogen and oxygen atoms in total. The van der Waals surface area contributed by atoms with Gasteiger partial charge in [-0.15, -0.1) is 0 Å². The number of carbonyl (C=O) groups is 2. The third-order valence-corrected chi connectivity index (χ3v) is 6.55. The van der Waals surface area contributed by atoms with Crippen molar-refractivity contribution in [1.82, 2.24) is 10.4 Å². The van der Waals surface area contributed by atoms with Gasteiger partial charge in [-0.3, -0.25) is 14.5 Å². The highest BCUT2D eigenvalue weighted by molar-refractivity contribution is 6.01. The summed E-state index contributed by atoms with van der Waals surface area (Å²) in [5.74, 6) is 0.332. The predicted octanol–water partition coefficient (Wildman–Crippen LogP) is 3.54. The molecule has 0 aromatic heterocycles. The van der Waals surface area contributed by atoms with Gasteiger partial charge in [-0.1, -0.05) is 36.4 Å². The van der Waals surface area contributed by atoms with E-state index in [1.165, 1.54) is 11.6 Å². The molecule has 178 valence electrons. The van der Waals surface area contributed by atoms with Crippen molar-refractivity contribution in [3.63, 3.8) is 0 Å². The molecule has 1 atom stereocenters. The number of Topliss-reactive ketones (excluding diaryl/α,β-unsaturated/α-hetero) is 1. The van der Waals surface area contributed by atoms with Gasteiger partial charge in [0.05, 0.1) is 12.0 Å². The van der Waals surface area contributed by atoms with Crippen LogP contribution in [0.15, 0.2) is 54.6 Å². The Bertz CT molecular complexity index is 1060. The smallest absolute Gasteiger partial charge is 0.267 e. The van der Waals surface area contributed by atoms with Crippen molar-refractivity contribution in [1.29, 1.82) is 0 Å². The van der Waals surface area contributed by atoms with Crippen LogP contribution in [0.3, 0.4) is 0 Å². The Morgan fingerprint density at radius 3 is 2.82 bits per heavy atom. The number of nitrogens with zero attached hydrogens (tertiary/aromatic N) is 1. The first kappa shape index (κ1) is 22.8. The zero-order valence-electron chi connectivity index (χ0n) is 19.2. The highest BCUT2D eigenvalue weighted by atomic mass is 16.8.